The second-order valence-corrected chi connectivity index (χ2v) is 5.13. The van der Waals surface area contributed by atoms with E-state index < -0.39 is 23.7 Å². The first-order chi connectivity index (χ1) is 11.3. The van der Waals surface area contributed by atoms with Crippen molar-refractivity contribution in [3.63, 3.8) is 0 Å². The number of alkyl halides is 3. The zero-order chi connectivity index (χ0) is 17.7. The molecule has 1 aromatic carbocycles. The van der Waals surface area contributed by atoms with Gasteiger partial charge in [0.25, 0.3) is 0 Å². The van der Waals surface area contributed by atoms with Crippen molar-refractivity contribution >= 4 is 11.6 Å². The summed E-state index contributed by atoms with van der Waals surface area (Å²) in [6.45, 7) is 5.54. The smallest absolute Gasteiger partial charge is 0.423 e. The quantitative estimate of drug-likeness (QED) is 0.843. The molecule has 0 saturated heterocycles. The summed E-state index contributed by atoms with van der Waals surface area (Å²) in [7, 11) is 0. The zero-order valence-electron chi connectivity index (χ0n) is 13.5. The van der Waals surface area contributed by atoms with Gasteiger partial charge in [0.15, 0.2) is 0 Å². The van der Waals surface area contributed by atoms with Gasteiger partial charge in [-0.05, 0) is 32.9 Å². The van der Waals surface area contributed by atoms with Crippen LogP contribution in [0.3, 0.4) is 0 Å². The fourth-order valence-electron chi connectivity index (χ4n) is 1.91. The van der Waals surface area contributed by atoms with E-state index in [1.807, 2.05) is 6.92 Å². The molecular weight excluding hydrogens is 323 g/mol. The first-order valence-electron chi connectivity index (χ1n) is 7.41. The number of ether oxygens (including phenoxy) is 2. The average molecular weight is 341 g/mol. The summed E-state index contributed by atoms with van der Waals surface area (Å²) < 4.78 is 49.7. The highest BCUT2D eigenvalue weighted by molar-refractivity contribution is 5.62. The van der Waals surface area contributed by atoms with Gasteiger partial charge in [0, 0.05) is 6.20 Å². The minimum atomic E-state index is -4.59. The highest BCUT2D eigenvalue weighted by atomic mass is 19.4. The molecule has 1 aromatic heterocycles. The standard InChI is InChI=1S/C16H18F3N3O2/c1-4-23-13-8-6-5-7-12(13)21-15-20-9-11(16(17,18)19)14(22-15)24-10(2)3/h5-10H,4H2,1-3H3,(H,20,21,22). The van der Waals surface area contributed by atoms with Gasteiger partial charge in [0.05, 0.1) is 18.4 Å². The number of para-hydroxylation sites is 2. The molecule has 2 rings (SSSR count). The summed E-state index contributed by atoms with van der Waals surface area (Å²) in [6.07, 6.45) is -4.34. The van der Waals surface area contributed by atoms with Crippen molar-refractivity contribution in [2.24, 2.45) is 0 Å². The Morgan fingerprint density at radius 3 is 2.54 bits per heavy atom. The van der Waals surface area contributed by atoms with Crippen LogP contribution in [0.15, 0.2) is 30.5 Å². The van der Waals surface area contributed by atoms with Crippen LogP contribution in [0.4, 0.5) is 24.8 Å². The zero-order valence-corrected chi connectivity index (χ0v) is 13.5. The molecule has 2 aromatic rings. The summed E-state index contributed by atoms with van der Waals surface area (Å²) in [4.78, 5) is 7.59. The molecule has 0 aliphatic rings. The van der Waals surface area contributed by atoms with Gasteiger partial charge in [0.1, 0.15) is 11.3 Å². The second kappa shape index (κ2) is 7.37. The molecule has 0 atom stereocenters. The third-order valence-corrected chi connectivity index (χ3v) is 2.84. The van der Waals surface area contributed by atoms with Crippen molar-refractivity contribution in [1.29, 1.82) is 0 Å². The molecule has 0 amide bonds. The predicted molar refractivity (Wildman–Crippen MR) is 83.7 cm³/mol. The largest absolute Gasteiger partial charge is 0.492 e. The molecule has 0 fully saturated rings. The number of aromatic nitrogens is 2. The van der Waals surface area contributed by atoms with Crippen molar-refractivity contribution in [2.45, 2.75) is 33.1 Å². The van der Waals surface area contributed by atoms with Crippen LogP contribution in [-0.4, -0.2) is 22.7 Å². The molecule has 1 heterocycles. The Hall–Kier alpha value is -2.51. The van der Waals surface area contributed by atoms with Crippen molar-refractivity contribution < 1.29 is 22.6 Å². The molecule has 24 heavy (non-hydrogen) atoms. The van der Waals surface area contributed by atoms with Crippen molar-refractivity contribution in [1.82, 2.24) is 9.97 Å². The summed E-state index contributed by atoms with van der Waals surface area (Å²) in [5.41, 5.74) is -0.463. The van der Waals surface area contributed by atoms with Crippen LogP contribution in [0.2, 0.25) is 0 Å². The van der Waals surface area contributed by atoms with Crippen molar-refractivity contribution in [3.05, 3.63) is 36.0 Å². The molecule has 0 spiro atoms. The topological polar surface area (TPSA) is 56.3 Å². The van der Waals surface area contributed by atoms with E-state index in [9.17, 15) is 13.2 Å². The van der Waals surface area contributed by atoms with Gasteiger partial charge in [-0.15, -0.1) is 0 Å². The van der Waals surface area contributed by atoms with Gasteiger partial charge in [0.2, 0.25) is 11.8 Å². The number of nitrogens with one attached hydrogen (secondary N) is 1. The van der Waals surface area contributed by atoms with Gasteiger partial charge in [-0.1, -0.05) is 12.1 Å². The van der Waals surface area contributed by atoms with Gasteiger partial charge < -0.3 is 14.8 Å². The number of halogens is 3. The molecule has 5 nitrogen and oxygen atoms in total. The van der Waals surface area contributed by atoms with E-state index in [0.717, 1.165) is 0 Å². The van der Waals surface area contributed by atoms with Gasteiger partial charge in [-0.3, -0.25) is 0 Å². The molecule has 130 valence electrons. The summed E-state index contributed by atoms with van der Waals surface area (Å²) in [6, 6.07) is 7.01. The number of hydrogen-bond donors (Lipinski definition) is 1. The molecule has 1 N–H and O–H groups in total. The maximum Gasteiger partial charge on any atom is 0.423 e. The van der Waals surface area contributed by atoms with Crippen LogP contribution in [0.25, 0.3) is 0 Å². The minimum absolute atomic E-state index is 0.00852. The van der Waals surface area contributed by atoms with Crippen molar-refractivity contribution in [3.8, 4) is 11.6 Å². The SMILES string of the molecule is CCOc1ccccc1Nc1ncc(C(F)(F)F)c(OC(C)C)n1. The fourth-order valence-corrected chi connectivity index (χ4v) is 1.91. The van der Waals surface area contributed by atoms with E-state index in [1.54, 1.807) is 38.1 Å². The van der Waals surface area contributed by atoms with E-state index in [4.69, 9.17) is 9.47 Å². The van der Waals surface area contributed by atoms with Crippen LogP contribution < -0.4 is 14.8 Å². The third-order valence-electron chi connectivity index (χ3n) is 2.84. The summed E-state index contributed by atoms with van der Waals surface area (Å²) >= 11 is 0. The number of rotatable bonds is 6. The van der Waals surface area contributed by atoms with Crippen LogP contribution in [0.5, 0.6) is 11.6 Å². The highest BCUT2D eigenvalue weighted by Crippen LogP contribution is 2.36. The number of anilines is 2. The van der Waals surface area contributed by atoms with Crippen LogP contribution in [-0.2, 0) is 6.18 Å². The lowest BCUT2D eigenvalue weighted by atomic mass is 10.3. The maximum absolute atomic E-state index is 13.0. The molecule has 0 saturated carbocycles. The summed E-state index contributed by atoms with van der Waals surface area (Å²) in [5, 5.41) is 2.86. The molecule has 0 aliphatic carbocycles. The third kappa shape index (κ3) is 4.50. The Labute approximate surface area is 137 Å². The Balaban J connectivity index is 2.35. The van der Waals surface area contributed by atoms with E-state index in [1.165, 1.54) is 0 Å². The lowest BCUT2D eigenvalue weighted by molar-refractivity contribution is -0.139. The van der Waals surface area contributed by atoms with E-state index in [-0.39, 0.29) is 5.95 Å². The fraction of sp³-hybridized carbons (Fsp3) is 0.375. The Kier molecular flexibility index (Phi) is 5.48. The lowest BCUT2D eigenvalue weighted by Crippen LogP contribution is -2.15. The Morgan fingerprint density at radius 1 is 1.21 bits per heavy atom. The Bertz CT molecular complexity index is 691. The lowest BCUT2D eigenvalue weighted by Gasteiger charge is -2.16. The van der Waals surface area contributed by atoms with Crippen LogP contribution in [0, 0.1) is 0 Å². The number of hydrogen-bond acceptors (Lipinski definition) is 5. The van der Waals surface area contributed by atoms with E-state index in [0.29, 0.717) is 24.2 Å². The van der Waals surface area contributed by atoms with Gasteiger partial charge >= 0.3 is 6.18 Å². The van der Waals surface area contributed by atoms with Gasteiger partial charge in [-0.25, -0.2) is 4.98 Å². The molecule has 8 heteroatoms. The first-order valence-corrected chi connectivity index (χ1v) is 7.41. The molecule has 0 bridgehead atoms. The first kappa shape index (κ1) is 17.8. The summed E-state index contributed by atoms with van der Waals surface area (Å²) in [5.74, 6) is 0.0320. The van der Waals surface area contributed by atoms with Crippen LogP contribution >= 0.6 is 0 Å². The molecule has 0 aliphatic heterocycles. The molecular formula is C16H18F3N3O2. The Morgan fingerprint density at radius 2 is 1.92 bits per heavy atom. The highest BCUT2D eigenvalue weighted by Gasteiger charge is 2.36. The van der Waals surface area contributed by atoms with Gasteiger partial charge in [-0.2, -0.15) is 18.2 Å². The number of benzene rings is 1. The molecule has 0 unspecified atom stereocenters. The maximum atomic E-state index is 13.0. The minimum Gasteiger partial charge on any atom is -0.492 e. The van der Waals surface area contributed by atoms with E-state index in [2.05, 4.69) is 15.3 Å². The number of nitrogens with zero attached hydrogens (tertiary/aromatic N) is 2. The normalized spacial score (nSPS) is 11.5. The molecule has 0 radical (unpaired) electrons. The van der Waals surface area contributed by atoms with Crippen LogP contribution in [0.1, 0.15) is 26.3 Å². The van der Waals surface area contributed by atoms with Crippen molar-refractivity contribution in [2.75, 3.05) is 11.9 Å². The second-order valence-electron chi connectivity index (χ2n) is 5.13. The average Bonchev–Trinajstić information content (AvgIpc) is 2.48. The predicted octanol–water partition coefficient (Wildman–Crippen LogP) is 4.42. The van der Waals surface area contributed by atoms with E-state index >= 15 is 0 Å². The monoisotopic (exact) mass is 341 g/mol.